The maximum atomic E-state index is 8.62. The van der Waals surface area contributed by atoms with E-state index in [1.54, 1.807) is 6.08 Å². The van der Waals surface area contributed by atoms with Gasteiger partial charge in [-0.1, -0.05) is 38.1 Å². The standard InChI is InChI=1S/C14H14N2/c1-11(2)7-12-3-5-13(6-4-12)8-14(9-15)10-16/h3-6,8,11H,7H2,1-2H3. The molecule has 0 saturated heterocycles. The summed E-state index contributed by atoms with van der Waals surface area (Å²) in [6, 6.07) is 11.6. The first-order valence-corrected chi connectivity index (χ1v) is 5.26. The second kappa shape index (κ2) is 5.73. The first kappa shape index (κ1) is 12.0. The summed E-state index contributed by atoms with van der Waals surface area (Å²) in [5, 5.41) is 17.2. The Morgan fingerprint density at radius 1 is 1.19 bits per heavy atom. The molecule has 2 nitrogen and oxygen atoms in total. The van der Waals surface area contributed by atoms with E-state index >= 15 is 0 Å². The van der Waals surface area contributed by atoms with Crippen LogP contribution in [0.3, 0.4) is 0 Å². The monoisotopic (exact) mass is 210 g/mol. The van der Waals surface area contributed by atoms with E-state index in [4.69, 9.17) is 10.5 Å². The van der Waals surface area contributed by atoms with Crippen molar-refractivity contribution >= 4 is 6.08 Å². The van der Waals surface area contributed by atoms with Crippen molar-refractivity contribution in [3.05, 3.63) is 41.0 Å². The summed E-state index contributed by atoms with van der Waals surface area (Å²) >= 11 is 0. The van der Waals surface area contributed by atoms with Gasteiger partial charge < -0.3 is 0 Å². The van der Waals surface area contributed by atoms with E-state index in [9.17, 15) is 0 Å². The predicted octanol–water partition coefficient (Wildman–Crippen LogP) is 3.32. The minimum Gasteiger partial charge on any atom is -0.192 e. The third-order valence-electron chi connectivity index (χ3n) is 2.18. The Kier molecular flexibility index (Phi) is 4.30. The van der Waals surface area contributed by atoms with Crippen LogP contribution in [0.25, 0.3) is 6.08 Å². The molecule has 0 unspecified atom stereocenters. The van der Waals surface area contributed by atoms with Crippen LogP contribution in [0.4, 0.5) is 0 Å². The molecule has 0 aliphatic rings. The normalized spacial score (nSPS) is 9.31. The second-order valence-electron chi connectivity index (χ2n) is 4.12. The molecular weight excluding hydrogens is 196 g/mol. The van der Waals surface area contributed by atoms with Crippen LogP contribution in [0, 0.1) is 28.6 Å². The predicted molar refractivity (Wildman–Crippen MR) is 64.2 cm³/mol. The third-order valence-corrected chi connectivity index (χ3v) is 2.18. The lowest BCUT2D eigenvalue weighted by Gasteiger charge is -2.04. The molecule has 0 spiro atoms. The number of nitrogens with zero attached hydrogens (tertiary/aromatic N) is 2. The zero-order valence-electron chi connectivity index (χ0n) is 9.57. The first-order chi connectivity index (χ1) is 7.65. The molecule has 1 aromatic carbocycles. The highest BCUT2D eigenvalue weighted by molar-refractivity contribution is 5.61. The molecule has 0 bridgehead atoms. The molecule has 1 rings (SSSR count). The number of rotatable bonds is 3. The van der Waals surface area contributed by atoms with Crippen molar-refractivity contribution in [1.29, 1.82) is 10.5 Å². The number of nitriles is 2. The average molecular weight is 210 g/mol. The minimum absolute atomic E-state index is 0.136. The number of benzene rings is 1. The fourth-order valence-electron chi connectivity index (χ4n) is 1.48. The minimum atomic E-state index is 0.136. The van der Waals surface area contributed by atoms with Crippen molar-refractivity contribution in [1.82, 2.24) is 0 Å². The summed E-state index contributed by atoms with van der Waals surface area (Å²) in [6.45, 7) is 4.36. The largest absolute Gasteiger partial charge is 0.192 e. The number of allylic oxidation sites excluding steroid dienone is 1. The maximum Gasteiger partial charge on any atom is 0.130 e. The number of hydrogen-bond acceptors (Lipinski definition) is 2. The Bertz CT molecular complexity index is 437. The van der Waals surface area contributed by atoms with Crippen molar-refractivity contribution in [2.45, 2.75) is 20.3 Å². The molecule has 16 heavy (non-hydrogen) atoms. The molecule has 0 aromatic heterocycles. The van der Waals surface area contributed by atoms with Crippen LogP contribution in [0.15, 0.2) is 29.8 Å². The molecule has 0 aliphatic heterocycles. The van der Waals surface area contributed by atoms with E-state index in [-0.39, 0.29) is 5.57 Å². The number of hydrogen-bond donors (Lipinski definition) is 0. The molecule has 0 aliphatic carbocycles. The van der Waals surface area contributed by atoms with Gasteiger partial charge in [0, 0.05) is 0 Å². The van der Waals surface area contributed by atoms with E-state index in [1.807, 2.05) is 36.4 Å². The fourth-order valence-corrected chi connectivity index (χ4v) is 1.48. The van der Waals surface area contributed by atoms with E-state index in [0.717, 1.165) is 12.0 Å². The van der Waals surface area contributed by atoms with Crippen LogP contribution in [0.2, 0.25) is 0 Å². The highest BCUT2D eigenvalue weighted by Crippen LogP contribution is 2.12. The first-order valence-electron chi connectivity index (χ1n) is 5.26. The van der Waals surface area contributed by atoms with Gasteiger partial charge in [-0.15, -0.1) is 0 Å². The molecule has 0 fully saturated rings. The van der Waals surface area contributed by atoms with Crippen LogP contribution in [-0.2, 0) is 6.42 Å². The van der Waals surface area contributed by atoms with Gasteiger partial charge in [-0.25, -0.2) is 0 Å². The highest BCUT2D eigenvalue weighted by Gasteiger charge is 1.98. The molecule has 0 saturated carbocycles. The van der Waals surface area contributed by atoms with Gasteiger partial charge in [-0.3, -0.25) is 0 Å². The molecule has 1 aromatic rings. The van der Waals surface area contributed by atoms with Crippen LogP contribution in [-0.4, -0.2) is 0 Å². The molecule has 80 valence electrons. The summed E-state index contributed by atoms with van der Waals surface area (Å²) < 4.78 is 0. The molecule has 0 heterocycles. The van der Waals surface area contributed by atoms with Crippen LogP contribution in [0.1, 0.15) is 25.0 Å². The van der Waals surface area contributed by atoms with Gasteiger partial charge >= 0.3 is 0 Å². The van der Waals surface area contributed by atoms with E-state index < -0.39 is 0 Å². The third kappa shape index (κ3) is 3.59. The van der Waals surface area contributed by atoms with E-state index in [1.165, 1.54) is 5.56 Å². The van der Waals surface area contributed by atoms with Crippen LogP contribution < -0.4 is 0 Å². The van der Waals surface area contributed by atoms with E-state index in [0.29, 0.717) is 5.92 Å². The Balaban J connectivity index is 2.85. The SMILES string of the molecule is CC(C)Cc1ccc(C=C(C#N)C#N)cc1. The Labute approximate surface area is 96.4 Å². The summed E-state index contributed by atoms with van der Waals surface area (Å²) in [5.74, 6) is 0.634. The van der Waals surface area contributed by atoms with Crippen molar-refractivity contribution in [2.24, 2.45) is 5.92 Å². The van der Waals surface area contributed by atoms with Gasteiger partial charge in [0.15, 0.2) is 0 Å². The van der Waals surface area contributed by atoms with Crippen molar-refractivity contribution in [3.8, 4) is 12.1 Å². The second-order valence-corrected chi connectivity index (χ2v) is 4.12. The quantitative estimate of drug-likeness (QED) is 0.718. The van der Waals surface area contributed by atoms with Gasteiger partial charge in [0.25, 0.3) is 0 Å². The average Bonchev–Trinajstić information content (AvgIpc) is 2.27. The molecule has 0 amide bonds. The van der Waals surface area contributed by atoms with Crippen LogP contribution in [0.5, 0.6) is 0 Å². The van der Waals surface area contributed by atoms with Gasteiger partial charge in [0.1, 0.15) is 17.7 Å². The Hall–Kier alpha value is -2.06. The lowest BCUT2D eigenvalue weighted by atomic mass is 10.0. The lowest BCUT2D eigenvalue weighted by molar-refractivity contribution is 0.647. The summed E-state index contributed by atoms with van der Waals surface area (Å²) in [4.78, 5) is 0. The highest BCUT2D eigenvalue weighted by atomic mass is 14.3. The van der Waals surface area contributed by atoms with Crippen molar-refractivity contribution in [2.75, 3.05) is 0 Å². The fraction of sp³-hybridized carbons (Fsp3) is 0.286. The maximum absolute atomic E-state index is 8.62. The van der Waals surface area contributed by atoms with Crippen molar-refractivity contribution in [3.63, 3.8) is 0 Å². The van der Waals surface area contributed by atoms with E-state index in [2.05, 4.69) is 13.8 Å². The molecule has 0 atom stereocenters. The van der Waals surface area contributed by atoms with Gasteiger partial charge in [0.2, 0.25) is 0 Å². The Morgan fingerprint density at radius 3 is 2.19 bits per heavy atom. The van der Waals surface area contributed by atoms with Gasteiger partial charge in [-0.05, 0) is 29.5 Å². The summed E-state index contributed by atoms with van der Waals surface area (Å²) in [6.07, 6.45) is 2.65. The van der Waals surface area contributed by atoms with Gasteiger partial charge in [-0.2, -0.15) is 10.5 Å². The molecule has 2 heteroatoms. The molecule has 0 N–H and O–H groups in total. The smallest absolute Gasteiger partial charge is 0.130 e. The zero-order chi connectivity index (χ0) is 12.0. The summed E-state index contributed by atoms with van der Waals surface area (Å²) in [7, 11) is 0. The topological polar surface area (TPSA) is 47.6 Å². The zero-order valence-corrected chi connectivity index (χ0v) is 9.57. The molecular formula is C14H14N2. The molecule has 0 radical (unpaired) electrons. The van der Waals surface area contributed by atoms with Crippen molar-refractivity contribution < 1.29 is 0 Å². The Morgan fingerprint density at radius 2 is 1.75 bits per heavy atom. The lowest BCUT2D eigenvalue weighted by Crippen LogP contribution is -1.93. The summed E-state index contributed by atoms with van der Waals surface area (Å²) in [5.41, 5.74) is 2.31. The van der Waals surface area contributed by atoms with Crippen LogP contribution >= 0.6 is 0 Å². The van der Waals surface area contributed by atoms with Gasteiger partial charge in [0.05, 0.1) is 0 Å².